The standard InChI is InChI=1S/C19H22F3N5O4S/c20-19(21,22)31-16-3-1-2-4-17(16)32(28,29)27-7-5-25(6-8-27)15-13-18(24-23-14-15)26-9-11-30-12-10-26/h1-4,13-14H,5-12H2. The van der Waals surface area contributed by atoms with Crippen molar-refractivity contribution < 1.29 is 31.1 Å². The molecule has 0 bridgehead atoms. The van der Waals surface area contributed by atoms with Gasteiger partial charge in [-0.05, 0) is 12.1 Å². The lowest BCUT2D eigenvalue weighted by atomic mass is 10.3. The molecular weight excluding hydrogens is 451 g/mol. The Morgan fingerprint density at radius 3 is 2.34 bits per heavy atom. The summed E-state index contributed by atoms with van der Waals surface area (Å²) in [6.07, 6.45) is -3.38. The third-order valence-electron chi connectivity index (χ3n) is 5.26. The van der Waals surface area contributed by atoms with Gasteiger partial charge in [-0.2, -0.15) is 9.40 Å². The van der Waals surface area contributed by atoms with Crippen molar-refractivity contribution in [3.05, 3.63) is 36.5 Å². The molecule has 2 saturated heterocycles. The van der Waals surface area contributed by atoms with Gasteiger partial charge in [0.1, 0.15) is 10.6 Å². The molecule has 9 nitrogen and oxygen atoms in total. The van der Waals surface area contributed by atoms with E-state index in [1.165, 1.54) is 16.4 Å². The van der Waals surface area contributed by atoms with Crippen LogP contribution in [0.4, 0.5) is 24.7 Å². The zero-order chi connectivity index (χ0) is 22.8. The van der Waals surface area contributed by atoms with Crippen LogP contribution in [0.2, 0.25) is 0 Å². The molecule has 2 aliphatic heterocycles. The van der Waals surface area contributed by atoms with Crippen LogP contribution in [0.25, 0.3) is 0 Å². The number of alkyl halides is 3. The maximum absolute atomic E-state index is 13.0. The van der Waals surface area contributed by atoms with Crippen LogP contribution < -0.4 is 14.5 Å². The number of nitrogens with zero attached hydrogens (tertiary/aromatic N) is 5. The molecule has 32 heavy (non-hydrogen) atoms. The Labute approximate surface area is 183 Å². The molecule has 2 aromatic rings. The smallest absolute Gasteiger partial charge is 0.404 e. The van der Waals surface area contributed by atoms with Crippen LogP contribution in [-0.2, 0) is 14.8 Å². The van der Waals surface area contributed by atoms with Gasteiger partial charge in [-0.25, -0.2) is 8.42 Å². The average Bonchev–Trinajstić information content (AvgIpc) is 2.79. The molecule has 0 aliphatic carbocycles. The topological polar surface area (TPSA) is 88.1 Å². The number of aromatic nitrogens is 2. The number of benzene rings is 1. The summed E-state index contributed by atoms with van der Waals surface area (Å²) in [7, 11) is -4.16. The van der Waals surface area contributed by atoms with E-state index in [1.54, 1.807) is 6.20 Å². The highest BCUT2D eigenvalue weighted by atomic mass is 32.2. The second-order valence-corrected chi connectivity index (χ2v) is 9.16. The molecule has 1 aromatic heterocycles. The van der Waals surface area contributed by atoms with Crippen molar-refractivity contribution in [1.82, 2.24) is 14.5 Å². The summed E-state index contributed by atoms with van der Waals surface area (Å²) < 4.78 is 74.6. The number of hydrogen-bond acceptors (Lipinski definition) is 8. The van der Waals surface area contributed by atoms with Gasteiger partial charge in [0.2, 0.25) is 10.0 Å². The fraction of sp³-hybridized carbons (Fsp3) is 0.474. The Morgan fingerprint density at radius 2 is 1.66 bits per heavy atom. The summed E-state index contributed by atoms with van der Waals surface area (Å²) in [5.74, 6) is -0.0185. The van der Waals surface area contributed by atoms with Crippen molar-refractivity contribution in [1.29, 1.82) is 0 Å². The summed E-state index contributed by atoms with van der Waals surface area (Å²) in [4.78, 5) is 3.53. The summed E-state index contributed by atoms with van der Waals surface area (Å²) in [5.41, 5.74) is 0.805. The summed E-state index contributed by atoms with van der Waals surface area (Å²) in [6, 6.07) is 6.66. The number of hydrogen-bond donors (Lipinski definition) is 0. The molecule has 13 heteroatoms. The molecule has 0 unspecified atom stereocenters. The predicted molar refractivity (Wildman–Crippen MR) is 109 cm³/mol. The number of halogens is 3. The Balaban J connectivity index is 1.46. The quantitative estimate of drug-likeness (QED) is 0.649. The molecule has 2 aliphatic rings. The largest absolute Gasteiger partial charge is 0.573 e. The molecule has 0 radical (unpaired) electrons. The van der Waals surface area contributed by atoms with E-state index in [4.69, 9.17) is 4.74 Å². The van der Waals surface area contributed by atoms with E-state index in [-0.39, 0.29) is 13.1 Å². The monoisotopic (exact) mass is 473 g/mol. The fourth-order valence-corrected chi connectivity index (χ4v) is 5.20. The maximum atomic E-state index is 13.0. The van der Waals surface area contributed by atoms with Crippen molar-refractivity contribution in [2.24, 2.45) is 0 Å². The van der Waals surface area contributed by atoms with E-state index in [1.807, 2.05) is 11.0 Å². The normalized spacial score (nSPS) is 18.6. The number of para-hydroxylation sites is 1. The maximum Gasteiger partial charge on any atom is 0.573 e. The highest BCUT2D eigenvalue weighted by Gasteiger charge is 2.36. The lowest BCUT2D eigenvalue weighted by Crippen LogP contribution is -2.48. The third-order valence-corrected chi connectivity index (χ3v) is 7.20. The first-order valence-electron chi connectivity index (χ1n) is 9.99. The molecule has 2 fully saturated rings. The molecule has 174 valence electrons. The number of piperazine rings is 1. The lowest BCUT2D eigenvalue weighted by molar-refractivity contribution is -0.275. The molecule has 0 amide bonds. The van der Waals surface area contributed by atoms with E-state index in [2.05, 4.69) is 19.8 Å². The molecule has 4 rings (SSSR count). The Hall–Kier alpha value is -2.64. The lowest BCUT2D eigenvalue weighted by Gasteiger charge is -2.36. The Morgan fingerprint density at radius 1 is 0.969 bits per heavy atom. The first-order chi connectivity index (χ1) is 15.2. The van der Waals surface area contributed by atoms with E-state index < -0.39 is 27.0 Å². The van der Waals surface area contributed by atoms with Crippen LogP contribution >= 0.6 is 0 Å². The van der Waals surface area contributed by atoms with Gasteiger partial charge < -0.3 is 19.3 Å². The molecule has 1 aromatic carbocycles. The molecule has 0 spiro atoms. The number of ether oxygens (including phenoxy) is 2. The summed E-state index contributed by atoms with van der Waals surface area (Å²) in [5, 5.41) is 8.24. The SMILES string of the molecule is O=S(=O)(c1ccccc1OC(F)(F)F)N1CCN(c2cnnc(N3CCOCC3)c2)CC1. The van der Waals surface area contributed by atoms with Crippen LogP contribution in [0.1, 0.15) is 0 Å². The van der Waals surface area contributed by atoms with Crippen LogP contribution in [-0.4, -0.2) is 81.8 Å². The van der Waals surface area contributed by atoms with Crippen LogP contribution in [0.5, 0.6) is 5.75 Å². The van der Waals surface area contributed by atoms with E-state index in [9.17, 15) is 21.6 Å². The van der Waals surface area contributed by atoms with E-state index in [0.29, 0.717) is 39.4 Å². The highest BCUT2D eigenvalue weighted by molar-refractivity contribution is 7.89. The van der Waals surface area contributed by atoms with Crippen molar-refractivity contribution >= 4 is 21.5 Å². The number of morpholine rings is 1. The van der Waals surface area contributed by atoms with Gasteiger partial charge >= 0.3 is 6.36 Å². The van der Waals surface area contributed by atoms with Crippen molar-refractivity contribution in [2.45, 2.75) is 11.3 Å². The van der Waals surface area contributed by atoms with Gasteiger partial charge in [-0.15, -0.1) is 18.3 Å². The molecule has 3 heterocycles. The van der Waals surface area contributed by atoms with Crippen molar-refractivity contribution in [3.63, 3.8) is 0 Å². The minimum atomic E-state index is -4.99. The first-order valence-corrected chi connectivity index (χ1v) is 11.4. The van der Waals surface area contributed by atoms with Gasteiger partial charge in [0.25, 0.3) is 0 Å². The van der Waals surface area contributed by atoms with Crippen LogP contribution in [0.15, 0.2) is 41.4 Å². The fourth-order valence-electron chi connectivity index (χ4n) is 3.66. The summed E-state index contributed by atoms with van der Waals surface area (Å²) >= 11 is 0. The van der Waals surface area contributed by atoms with Gasteiger partial charge in [-0.3, -0.25) is 0 Å². The minimum absolute atomic E-state index is 0.109. The van der Waals surface area contributed by atoms with E-state index >= 15 is 0 Å². The number of rotatable bonds is 5. The molecule has 0 saturated carbocycles. The average molecular weight is 473 g/mol. The highest BCUT2D eigenvalue weighted by Crippen LogP contribution is 2.32. The number of sulfonamides is 1. The molecule has 0 atom stereocenters. The van der Waals surface area contributed by atoms with Gasteiger partial charge in [0.05, 0.1) is 25.1 Å². The second kappa shape index (κ2) is 9.08. The first kappa shape index (κ1) is 22.6. The zero-order valence-electron chi connectivity index (χ0n) is 17.0. The predicted octanol–water partition coefficient (Wildman–Crippen LogP) is 1.72. The van der Waals surface area contributed by atoms with Crippen LogP contribution in [0, 0.1) is 0 Å². The summed E-state index contributed by atoms with van der Waals surface area (Å²) in [6.45, 7) is 3.58. The van der Waals surface area contributed by atoms with Gasteiger partial charge in [0.15, 0.2) is 5.82 Å². The van der Waals surface area contributed by atoms with Crippen molar-refractivity contribution in [3.8, 4) is 5.75 Å². The van der Waals surface area contributed by atoms with Crippen LogP contribution in [0.3, 0.4) is 0 Å². The van der Waals surface area contributed by atoms with E-state index in [0.717, 1.165) is 23.6 Å². The Kier molecular flexibility index (Phi) is 6.40. The Bertz CT molecular complexity index is 1040. The molecule has 0 N–H and O–H groups in total. The minimum Gasteiger partial charge on any atom is -0.404 e. The van der Waals surface area contributed by atoms with Crippen molar-refractivity contribution in [2.75, 3.05) is 62.3 Å². The third kappa shape index (κ3) is 5.05. The van der Waals surface area contributed by atoms with Gasteiger partial charge in [0, 0.05) is 45.3 Å². The van der Waals surface area contributed by atoms with Gasteiger partial charge in [-0.1, -0.05) is 12.1 Å². The zero-order valence-corrected chi connectivity index (χ0v) is 17.8. The second-order valence-electron chi connectivity index (χ2n) is 7.26. The molecular formula is C19H22F3N5O4S. The number of anilines is 2.